The van der Waals surface area contributed by atoms with Gasteiger partial charge in [-0.05, 0) is 61.0 Å². The number of hydrogen-bond acceptors (Lipinski definition) is 5. The summed E-state index contributed by atoms with van der Waals surface area (Å²) in [7, 11) is 1.59. The smallest absolute Gasteiger partial charge is 0.411 e. The van der Waals surface area contributed by atoms with Crippen molar-refractivity contribution in [1.29, 1.82) is 0 Å². The number of carbonyl (C=O) groups is 2. The number of rotatable bonds is 4. The van der Waals surface area contributed by atoms with Crippen molar-refractivity contribution < 1.29 is 19.1 Å². The number of piperidine rings is 1. The predicted octanol–water partition coefficient (Wildman–Crippen LogP) is 3.72. The molecule has 1 aliphatic heterocycles. The first-order chi connectivity index (χ1) is 12.5. The molecule has 3 rings (SSSR count). The number of nitrogens with zero attached hydrogens (tertiary/aromatic N) is 2. The molecule has 7 nitrogen and oxygen atoms in total. The number of halogens is 1. The largest absolute Gasteiger partial charge is 0.444 e. The summed E-state index contributed by atoms with van der Waals surface area (Å²) < 4.78 is 11.3. The van der Waals surface area contributed by atoms with Gasteiger partial charge < -0.3 is 14.8 Å². The van der Waals surface area contributed by atoms with Gasteiger partial charge in [0.2, 0.25) is 5.91 Å². The number of hydrogen-bond donors (Lipinski definition) is 1. The zero-order valence-electron chi connectivity index (χ0n) is 16.3. The number of amides is 2. The molecule has 0 bridgehead atoms. The molecule has 0 aromatic carbocycles. The Balaban J connectivity index is 1.79. The molecule has 27 heavy (non-hydrogen) atoms. The lowest BCUT2D eigenvalue weighted by Gasteiger charge is -2.29. The molecule has 1 N–H and O–H groups in total. The standard InChI is InChI=1S/C19H26BrN3O4/c1-18(2,3)27-17(25)23-12(8-19(4)9-13(19)23)16(24)22-15-11(10-26-5)6-7-14(20)21-15/h6-7,12-13H,8-10H2,1-5H3,(H,21,22,24)/t12-,13+,19-/m0/s1. The SMILES string of the molecule is COCc1ccc(Br)nc1NC(=O)[C@@H]1C[C@@]2(C)C[C@H]2N1C(=O)OC(C)(C)C. The molecule has 1 saturated carbocycles. The Kier molecular flexibility index (Phi) is 5.24. The summed E-state index contributed by atoms with van der Waals surface area (Å²) >= 11 is 3.33. The molecule has 8 heteroatoms. The van der Waals surface area contributed by atoms with Crippen molar-refractivity contribution in [2.75, 3.05) is 12.4 Å². The third kappa shape index (κ3) is 4.27. The van der Waals surface area contributed by atoms with Gasteiger partial charge in [0.1, 0.15) is 22.1 Å². The molecule has 3 atom stereocenters. The van der Waals surface area contributed by atoms with E-state index >= 15 is 0 Å². The van der Waals surface area contributed by atoms with Gasteiger partial charge in [0.15, 0.2) is 0 Å². The summed E-state index contributed by atoms with van der Waals surface area (Å²) in [6, 6.07) is 3.12. The van der Waals surface area contributed by atoms with Crippen LogP contribution in [0, 0.1) is 5.41 Å². The van der Waals surface area contributed by atoms with Gasteiger partial charge in [-0.3, -0.25) is 9.69 Å². The third-order valence-electron chi connectivity index (χ3n) is 5.03. The Bertz CT molecular complexity index is 764. The minimum absolute atomic E-state index is 0.0149. The first kappa shape index (κ1) is 20.1. The molecule has 2 amide bonds. The molecule has 2 fully saturated rings. The van der Waals surface area contributed by atoms with Crippen LogP contribution in [0.25, 0.3) is 0 Å². The van der Waals surface area contributed by atoms with Crippen LogP contribution in [0.2, 0.25) is 0 Å². The molecular formula is C19H26BrN3O4. The number of methoxy groups -OCH3 is 1. The second-order valence-corrected chi connectivity index (χ2v) is 9.36. The summed E-state index contributed by atoms with van der Waals surface area (Å²) in [4.78, 5) is 31.7. The van der Waals surface area contributed by atoms with Gasteiger partial charge in [-0.2, -0.15) is 0 Å². The fourth-order valence-electron chi connectivity index (χ4n) is 3.63. The highest BCUT2D eigenvalue weighted by Gasteiger charge is 2.65. The lowest BCUT2D eigenvalue weighted by Crippen LogP contribution is -2.47. The van der Waals surface area contributed by atoms with E-state index in [1.165, 1.54) is 0 Å². The van der Waals surface area contributed by atoms with Crippen molar-refractivity contribution in [1.82, 2.24) is 9.88 Å². The normalized spacial score (nSPS) is 26.5. The topological polar surface area (TPSA) is 80.8 Å². The maximum Gasteiger partial charge on any atom is 0.411 e. The van der Waals surface area contributed by atoms with Gasteiger partial charge in [0.05, 0.1) is 6.61 Å². The lowest BCUT2D eigenvalue weighted by molar-refractivity contribution is -0.121. The summed E-state index contributed by atoms with van der Waals surface area (Å²) in [5.74, 6) is 0.184. The van der Waals surface area contributed by atoms with Crippen molar-refractivity contribution in [2.24, 2.45) is 5.41 Å². The molecular weight excluding hydrogens is 414 g/mol. The van der Waals surface area contributed by atoms with E-state index < -0.39 is 17.7 Å². The average Bonchev–Trinajstić information content (AvgIpc) is 3.09. The predicted molar refractivity (Wildman–Crippen MR) is 104 cm³/mol. The molecule has 148 valence electrons. The van der Waals surface area contributed by atoms with Gasteiger partial charge in [-0.15, -0.1) is 0 Å². The molecule has 2 heterocycles. The van der Waals surface area contributed by atoms with Crippen molar-refractivity contribution in [3.05, 3.63) is 22.3 Å². The number of ether oxygens (including phenoxy) is 2. The fraction of sp³-hybridized carbons (Fsp3) is 0.632. The maximum atomic E-state index is 13.0. The minimum atomic E-state index is -0.608. The van der Waals surface area contributed by atoms with Crippen LogP contribution in [0.1, 0.15) is 46.1 Å². The highest BCUT2D eigenvalue weighted by Crippen LogP contribution is 2.59. The maximum absolute atomic E-state index is 13.0. The van der Waals surface area contributed by atoms with Crippen LogP contribution < -0.4 is 5.32 Å². The van der Waals surface area contributed by atoms with Gasteiger partial charge in [-0.1, -0.05) is 13.0 Å². The van der Waals surface area contributed by atoms with Crippen molar-refractivity contribution in [3.63, 3.8) is 0 Å². The quantitative estimate of drug-likeness (QED) is 0.722. The van der Waals surface area contributed by atoms with Crippen molar-refractivity contribution >= 4 is 33.7 Å². The molecule has 1 saturated heterocycles. The number of carbonyl (C=O) groups excluding carboxylic acids is 2. The van der Waals surface area contributed by atoms with Crippen LogP contribution in [-0.4, -0.2) is 46.7 Å². The number of likely N-dealkylation sites (tertiary alicyclic amines) is 1. The first-order valence-electron chi connectivity index (χ1n) is 9.00. The van der Waals surface area contributed by atoms with Crippen LogP contribution >= 0.6 is 15.9 Å². The van der Waals surface area contributed by atoms with E-state index in [2.05, 4.69) is 33.2 Å². The van der Waals surface area contributed by atoms with Crippen LogP contribution in [-0.2, 0) is 20.9 Å². The summed E-state index contributed by atoms with van der Waals surface area (Å²) in [5, 5.41) is 2.87. The summed E-state index contributed by atoms with van der Waals surface area (Å²) in [5.41, 5.74) is 0.148. The molecule has 1 aromatic rings. The zero-order valence-corrected chi connectivity index (χ0v) is 17.9. The van der Waals surface area contributed by atoms with E-state index in [9.17, 15) is 9.59 Å². The zero-order chi connectivity index (χ0) is 20.0. The first-order valence-corrected chi connectivity index (χ1v) is 9.80. The van der Waals surface area contributed by atoms with Gasteiger partial charge >= 0.3 is 6.09 Å². The minimum Gasteiger partial charge on any atom is -0.444 e. The Hall–Kier alpha value is -1.67. The van der Waals surface area contributed by atoms with E-state index in [1.54, 1.807) is 18.1 Å². The van der Waals surface area contributed by atoms with E-state index in [-0.39, 0.29) is 17.4 Å². The lowest BCUT2D eigenvalue weighted by atomic mass is 10.0. The van der Waals surface area contributed by atoms with Crippen molar-refractivity contribution in [3.8, 4) is 0 Å². The third-order valence-corrected chi connectivity index (χ3v) is 5.47. The van der Waals surface area contributed by atoms with Crippen molar-refractivity contribution in [2.45, 2.75) is 64.8 Å². The highest BCUT2D eigenvalue weighted by atomic mass is 79.9. The number of anilines is 1. The molecule has 1 aromatic heterocycles. The van der Waals surface area contributed by atoms with Gasteiger partial charge in [0.25, 0.3) is 0 Å². The number of pyridine rings is 1. The Morgan fingerprint density at radius 1 is 1.37 bits per heavy atom. The van der Waals surface area contributed by atoms with Crippen LogP contribution in [0.4, 0.5) is 10.6 Å². The Morgan fingerprint density at radius 2 is 2.07 bits per heavy atom. The van der Waals surface area contributed by atoms with E-state index in [1.807, 2.05) is 26.8 Å². The van der Waals surface area contributed by atoms with Gasteiger partial charge in [0, 0.05) is 18.7 Å². The average molecular weight is 440 g/mol. The summed E-state index contributed by atoms with van der Waals surface area (Å²) in [6.07, 6.45) is 1.09. The second-order valence-electron chi connectivity index (χ2n) is 8.55. The Morgan fingerprint density at radius 3 is 2.70 bits per heavy atom. The van der Waals surface area contributed by atoms with E-state index in [0.717, 1.165) is 12.0 Å². The van der Waals surface area contributed by atoms with Crippen LogP contribution in [0.3, 0.4) is 0 Å². The second kappa shape index (κ2) is 7.05. The summed E-state index contributed by atoms with van der Waals surface area (Å²) in [6.45, 7) is 7.91. The molecule has 2 aliphatic rings. The number of nitrogens with one attached hydrogen (secondary N) is 1. The fourth-order valence-corrected chi connectivity index (χ4v) is 3.94. The van der Waals surface area contributed by atoms with E-state index in [0.29, 0.717) is 23.4 Å². The molecule has 0 radical (unpaired) electrons. The number of aromatic nitrogens is 1. The highest BCUT2D eigenvalue weighted by molar-refractivity contribution is 9.10. The van der Waals surface area contributed by atoms with Crippen LogP contribution in [0.15, 0.2) is 16.7 Å². The monoisotopic (exact) mass is 439 g/mol. The molecule has 1 aliphatic carbocycles. The Labute approximate surface area is 167 Å². The van der Waals surface area contributed by atoms with Gasteiger partial charge in [-0.25, -0.2) is 9.78 Å². The molecule has 0 unspecified atom stereocenters. The molecule has 0 spiro atoms. The van der Waals surface area contributed by atoms with Crippen LogP contribution in [0.5, 0.6) is 0 Å². The number of fused-ring (bicyclic) bond motifs is 1. The van der Waals surface area contributed by atoms with E-state index in [4.69, 9.17) is 9.47 Å².